The normalized spacial score (nSPS) is 21.1. The third-order valence-electron chi connectivity index (χ3n) is 3.83. The Morgan fingerprint density at radius 1 is 1.47 bits per heavy atom. The van der Waals surface area contributed by atoms with Gasteiger partial charge in [0.2, 0.25) is 5.91 Å². The van der Waals surface area contributed by atoms with Crippen molar-refractivity contribution in [2.75, 3.05) is 7.05 Å². The highest BCUT2D eigenvalue weighted by atomic mass is 35.5. The van der Waals surface area contributed by atoms with E-state index in [1.807, 2.05) is 18.0 Å². The lowest BCUT2D eigenvalue weighted by Crippen LogP contribution is -2.38. The molecule has 3 nitrogen and oxygen atoms in total. The zero-order chi connectivity index (χ0) is 12.0. The smallest absolute Gasteiger partial charge is 0.233 e. The molecule has 0 atom stereocenters. The lowest BCUT2D eigenvalue weighted by atomic mass is 9.96. The molecule has 0 radical (unpaired) electrons. The highest BCUT2D eigenvalue weighted by Gasteiger charge is 2.54. The van der Waals surface area contributed by atoms with Gasteiger partial charge in [0.1, 0.15) is 0 Å². The molecule has 1 amide bonds. The molecule has 2 aliphatic rings. The molecule has 2 aliphatic carbocycles. The molecular weight excluding hydrogens is 236 g/mol. The first-order valence-corrected chi connectivity index (χ1v) is 6.39. The molecule has 0 N–H and O–H groups in total. The SMILES string of the molecule is CN(C(=O)C1(c2cncc(Cl)c2)CC1)C1CC1. The van der Waals surface area contributed by atoms with Crippen LogP contribution in [0.3, 0.4) is 0 Å². The summed E-state index contributed by atoms with van der Waals surface area (Å²) >= 11 is 5.95. The largest absolute Gasteiger partial charge is 0.342 e. The Bertz CT molecular complexity index is 466. The number of pyridine rings is 1. The highest BCUT2D eigenvalue weighted by molar-refractivity contribution is 6.30. The zero-order valence-corrected chi connectivity index (χ0v) is 10.6. The number of hydrogen-bond donors (Lipinski definition) is 0. The number of carbonyl (C=O) groups is 1. The molecule has 0 unspecified atom stereocenters. The van der Waals surface area contributed by atoms with Gasteiger partial charge in [-0.1, -0.05) is 11.6 Å². The number of likely N-dealkylation sites (N-methyl/N-ethyl adjacent to an activating group) is 1. The van der Waals surface area contributed by atoms with E-state index < -0.39 is 0 Å². The summed E-state index contributed by atoms with van der Waals surface area (Å²) in [5.74, 6) is 0.240. The minimum absolute atomic E-state index is 0.240. The van der Waals surface area contributed by atoms with E-state index in [0.29, 0.717) is 11.1 Å². The molecule has 1 aromatic rings. The third-order valence-corrected chi connectivity index (χ3v) is 4.04. The first-order valence-electron chi connectivity index (χ1n) is 6.02. The van der Waals surface area contributed by atoms with Crippen molar-refractivity contribution in [1.82, 2.24) is 9.88 Å². The quantitative estimate of drug-likeness (QED) is 0.825. The average Bonchev–Trinajstić information content (AvgIpc) is 3.18. The van der Waals surface area contributed by atoms with Gasteiger partial charge in [-0.2, -0.15) is 0 Å². The topological polar surface area (TPSA) is 33.2 Å². The Hall–Kier alpha value is -1.09. The highest BCUT2D eigenvalue weighted by Crippen LogP contribution is 2.50. The van der Waals surface area contributed by atoms with Crippen LogP contribution in [0.2, 0.25) is 5.02 Å². The van der Waals surface area contributed by atoms with Gasteiger partial charge in [0, 0.05) is 25.5 Å². The monoisotopic (exact) mass is 250 g/mol. The average molecular weight is 251 g/mol. The van der Waals surface area contributed by atoms with Crippen molar-refractivity contribution in [1.29, 1.82) is 0 Å². The van der Waals surface area contributed by atoms with Crippen LogP contribution in [0.5, 0.6) is 0 Å². The van der Waals surface area contributed by atoms with E-state index in [4.69, 9.17) is 11.6 Å². The first-order chi connectivity index (χ1) is 8.13. The lowest BCUT2D eigenvalue weighted by molar-refractivity contribution is -0.133. The summed E-state index contributed by atoms with van der Waals surface area (Å²) in [6.45, 7) is 0. The van der Waals surface area contributed by atoms with Crippen LogP contribution in [0.1, 0.15) is 31.2 Å². The molecule has 2 fully saturated rings. The standard InChI is InChI=1S/C13H15ClN2O/c1-16(11-2-3-11)12(17)13(4-5-13)9-6-10(14)8-15-7-9/h6-8,11H,2-5H2,1H3. The molecule has 1 aromatic heterocycles. The van der Waals surface area contributed by atoms with Crippen LogP contribution in [0.25, 0.3) is 0 Å². The molecule has 3 rings (SSSR count). The van der Waals surface area contributed by atoms with Gasteiger partial charge in [0.15, 0.2) is 0 Å². The van der Waals surface area contributed by atoms with E-state index in [9.17, 15) is 4.79 Å². The summed E-state index contributed by atoms with van der Waals surface area (Å²) in [7, 11) is 1.91. The minimum Gasteiger partial charge on any atom is -0.342 e. The Morgan fingerprint density at radius 2 is 2.18 bits per heavy atom. The third kappa shape index (κ3) is 1.82. The summed E-state index contributed by atoms with van der Waals surface area (Å²) in [6.07, 6.45) is 7.52. The van der Waals surface area contributed by atoms with Crippen molar-refractivity contribution in [2.24, 2.45) is 0 Å². The summed E-state index contributed by atoms with van der Waals surface area (Å²) in [6, 6.07) is 2.34. The van der Waals surface area contributed by atoms with Crippen molar-refractivity contribution in [3.8, 4) is 0 Å². The van der Waals surface area contributed by atoms with Crippen LogP contribution in [-0.2, 0) is 10.2 Å². The summed E-state index contributed by atoms with van der Waals surface area (Å²) in [5, 5.41) is 0.607. The van der Waals surface area contributed by atoms with Gasteiger partial charge in [-0.25, -0.2) is 0 Å². The molecule has 1 heterocycles. The van der Waals surface area contributed by atoms with Crippen LogP contribution in [0.15, 0.2) is 18.5 Å². The Morgan fingerprint density at radius 3 is 2.71 bits per heavy atom. The van der Waals surface area contributed by atoms with Crippen molar-refractivity contribution >= 4 is 17.5 Å². The number of halogens is 1. The summed E-state index contributed by atoms with van der Waals surface area (Å²) < 4.78 is 0. The molecule has 0 bridgehead atoms. The maximum atomic E-state index is 12.5. The second-order valence-corrected chi connectivity index (χ2v) is 5.56. The summed E-state index contributed by atoms with van der Waals surface area (Å²) in [4.78, 5) is 18.5. The van der Waals surface area contributed by atoms with E-state index in [1.54, 1.807) is 12.4 Å². The number of carbonyl (C=O) groups excluding carboxylic acids is 1. The van der Waals surface area contributed by atoms with E-state index in [1.165, 1.54) is 0 Å². The van der Waals surface area contributed by atoms with Gasteiger partial charge in [-0.05, 0) is 37.3 Å². The Labute approximate surface area is 106 Å². The fourth-order valence-corrected chi connectivity index (χ4v) is 2.56. The summed E-state index contributed by atoms with van der Waals surface area (Å²) in [5.41, 5.74) is 0.650. The number of aromatic nitrogens is 1. The predicted octanol–water partition coefficient (Wildman–Crippen LogP) is 2.39. The first kappa shape index (κ1) is 11.0. The maximum absolute atomic E-state index is 12.5. The van der Waals surface area contributed by atoms with Crippen LogP contribution in [-0.4, -0.2) is 28.9 Å². The Balaban J connectivity index is 1.88. The molecule has 0 aliphatic heterocycles. The van der Waals surface area contributed by atoms with Gasteiger partial charge < -0.3 is 4.90 Å². The van der Waals surface area contributed by atoms with Gasteiger partial charge in [0.05, 0.1) is 10.4 Å². The second-order valence-electron chi connectivity index (χ2n) is 5.12. The zero-order valence-electron chi connectivity index (χ0n) is 9.82. The maximum Gasteiger partial charge on any atom is 0.233 e. The molecule has 0 aromatic carbocycles. The number of nitrogens with zero attached hydrogens (tertiary/aromatic N) is 2. The number of hydrogen-bond acceptors (Lipinski definition) is 2. The van der Waals surface area contributed by atoms with Gasteiger partial charge in [0.25, 0.3) is 0 Å². The Kier molecular flexibility index (Phi) is 2.40. The minimum atomic E-state index is -0.324. The van der Waals surface area contributed by atoms with Crippen LogP contribution in [0.4, 0.5) is 0 Å². The van der Waals surface area contributed by atoms with Crippen molar-refractivity contribution < 1.29 is 4.79 Å². The second kappa shape index (κ2) is 3.70. The van der Waals surface area contributed by atoms with Gasteiger partial charge in [-0.3, -0.25) is 9.78 Å². The van der Waals surface area contributed by atoms with Crippen LogP contribution >= 0.6 is 11.6 Å². The lowest BCUT2D eigenvalue weighted by Gasteiger charge is -2.23. The molecular formula is C13H15ClN2O. The van der Waals surface area contributed by atoms with Crippen molar-refractivity contribution in [3.05, 3.63) is 29.0 Å². The molecule has 90 valence electrons. The molecule has 2 saturated carbocycles. The molecule has 0 spiro atoms. The van der Waals surface area contributed by atoms with Crippen LogP contribution < -0.4 is 0 Å². The number of amides is 1. The number of rotatable bonds is 3. The molecule has 4 heteroatoms. The molecule has 17 heavy (non-hydrogen) atoms. The van der Waals surface area contributed by atoms with E-state index in [2.05, 4.69) is 4.98 Å². The van der Waals surface area contributed by atoms with Crippen molar-refractivity contribution in [2.45, 2.75) is 37.1 Å². The van der Waals surface area contributed by atoms with E-state index in [0.717, 1.165) is 31.2 Å². The molecule has 0 saturated heterocycles. The fraction of sp³-hybridized carbons (Fsp3) is 0.538. The predicted molar refractivity (Wildman–Crippen MR) is 66.0 cm³/mol. The van der Waals surface area contributed by atoms with E-state index in [-0.39, 0.29) is 11.3 Å². The van der Waals surface area contributed by atoms with Gasteiger partial charge in [-0.15, -0.1) is 0 Å². The fourth-order valence-electron chi connectivity index (χ4n) is 2.39. The van der Waals surface area contributed by atoms with Gasteiger partial charge >= 0.3 is 0 Å². The van der Waals surface area contributed by atoms with Crippen LogP contribution in [0, 0.1) is 0 Å². The van der Waals surface area contributed by atoms with Crippen molar-refractivity contribution in [3.63, 3.8) is 0 Å². The van der Waals surface area contributed by atoms with E-state index >= 15 is 0 Å².